The number of benzene rings is 1. The molecule has 0 aliphatic carbocycles. The number of hydrogen-bond donors (Lipinski definition) is 1. The molecule has 1 N–H and O–H groups in total. The molecular weight excluding hydrogens is 310 g/mol. The number of halogens is 2. The largest absolute Gasteiger partial charge is 0.310 e. The van der Waals surface area contributed by atoms with Crippen LogP contribution in [0.25, 0.3) is 0 Å². The summed E-state index contributed by atoms with van der Waals surface area (Å²) in [7, 11) is 0. The fourth-order valence-corrected chi connectivity index (χ4v) is 2.83. The van der Waals surface area contributed by atoms with Gasteiger partial charge in [0.15, 0.2) is 0 Å². The van der Waals surface area contributed by atoms with Crippen LogP contribution in [-0.2, 0) is 0 Å². The average molecular weight is 333 g/mol. The summed E-state index contributed by atoms with van der Waals surface area (Å²) in [4.78, 5) is 0. The van der Waals surface area contributed by atoms with E-state index in [1.54, 1.807) is 0 Å². The highest BCUT2D eigenvalue weighted by Gasteiger charge is 2.14. The second-order valence-electron chi connectivity index (χ2n) is 5.10. The Balaban J connectivity index is 2.73. The first kappa shape index (κ1) is 16.0. The lowest BCUT2D eigenvalue weighted by molar-refractivity contribution is 0.454. The van der Waals surface area contributed by atoms with Crippen LogP contribution >= 0.6 is 27.5 Å². The Bertz CT molecular complexity index is 366. The van der Waals surface area contributed by atoms with Crippen LogP contribution in [0.2, 0.25) is 5.02 Å². The molecule has 0 aliphatic heterocycles. The van der Waals surface area contributed by atoms with Gasteiger partial charge in [-0.3, -0.25) is 0 Å². The van der Waals surface area contributed by atoms with Gasteiger partial charge in [0.25, 0.3) is 0 Å². The molecule has 102 valence electrons. The van der Waals surface area contributed by atoms with Gasteiger partial charge in [0.1, 0.15) is 0 Å². The van der Waals surface area contributed by atoms with Crippen molar-refractivity contribution in [3.63, 3.8) is 0 Å². The molecule has 0 amide bonds. The van der Waals surface area contributed by atoms with E-state index < -0.39 is 0 Å². The van der Waals surface area contributed by atoms with E-state index in [0.717, 1.165) is 28.4 Å². The zero-order chi connectivity index (χ0) is 13.5. The van der Waals surface area contributed by atoms with Crippen molar-refractivity contribution in [1.29, 1.82) is 0 Å². The highest BCUT2D eigenvalue weighted by molar-refractivity contribution is 9.10. The Morgan fingerprint density at radius 3 is 2.61 bits per heavy atom. The minimum absolute atomic E-state index is 0.391. The Labute approximate surface area is 124 Å². The lowest BCUT2D eigenvalue weighted by atomic mass is 9.98. The Hall–Kier alpha value is -0.0500. The molecule has 0 aromatic heterocycles. The van der Waals surface area contributed by atoms with Gasteiger partial charge in [-0.1, -0.05) is 61.1 Å². The van der Waals surface area contributed by atoms with Crippen molar-refractivity contribution < 1.29 is 0 Å². The normalized spacial score (nSPS) is 13.0. The summed E-state index contributed by atoms with van der Waals surface area (Å²) >= 11 is 9.72. The van der Waals surface area contributed by atoms with Crippen LogP contribution in [0.4, 0.5) is 0 Å². The molecule has 3 heteroatoms. The van der Waals surface area contributed by atoms with Gasteiger partial charge >= 0.3 is 0 Å². The molecule has 0 radical (unpaired) electrons. The number of rotatable bonds is 7. The fourth-order valence-electron chi connectivity index (χ4n) is 2.13. The van der Waals surface area contributed by atoms with E-state index in [1.165, 1.54) is 18.4 Å². The van der Waals surface area contributed by atoms with Crippen LogP contribution in [0.3, 0.4) is 0 Å². The zero-order valence-corrected chi connectivity index (χ0v) is 13.8. The van der Waals surface area contributed by atoms with Gasteiger partial charge in [-0.2, -0.15) is 0 Å². The predicted octanol–water partition coefficient (Wildman–Crippen LogP) is 5.58. The Morgan fingerprint density at radius 2 is 2.00 bits per heavy atom. The smallest absolute Gasteiger partial charge is 0.0410 e. The Kier molecular flexibility index (Phi) is 7.28. The highest BCUT2D eigenvalue weighted by atomic mass is 79.9. The maximum Gasteiger partial charge on any atom is 0.0410 e. The molecule has 0 saturated carbocycles. The minimum Gasteiger partial charge on any atom is -0.310 e. The lowest BCUT2D eigenvalue weighted by Gasteiger charge is -2.20. The van der Waals surface area contributed by atoms with E-state index in [9.17, 15) is 0 Å². The Morgan fingerprint density at radius 1 is 1.28 bits per heavy atom. The summed E-state index contributed by atoms with van der Waals surface area (Å²) in [5.74, 6) is 0.773. The standard InChI is InChI=1S/C15H23BrClN/c1-4-18-15(7-5-6-11(2)3)13-10-12(17)8-9-14(13)16/h8-11,15,18H,4-7H2,1-3H3. The van der Waals surface area contributed by atoms with Crippen molar-refractivity contribution in [1.82, 2.24) is 5.32 Å². The van der Waals surface area contributed by atoms with E-state index in [4.69, 9.17) is 11.6 Å². The van der Waals surface area contributed by atoms with Crippen LogP contribution in [0.15, 0.2) is 22.7 Å². The molecule has 0 heterocycles. The van der Waals surface area contributed by atoms with Crippen LogP contribution in [0.1, 0.15) is 51.6 Å². The minimum atomic E-state index is 0.391. The van der Waals surface area contributed by atoms with Gasteiger partial charge < -0.3 is 5.32 Å². The van der Waals surface area contributed by atoms with Crippen LogP contribution in [0, 0.1) is 5.92 Å². The maximum absolute atomic E-state index is 6.10. The second kappa shape index (κ2) is 8.19. The average Bonchev–Trinajstić information content (AvgIpc) is 2.31. The van der Waals surface area contributed by atoms with Crippen molar-refractivity contribution in [2.45, 2.75) is 46.1 Å². The van der Waals surface area contributed by atoms with E-state index in [2.05, 4.69) is 48.1 Å². The van der Waals surface area contributed by atoms with Gasteiger partial charge in [-0.25, -0.2) is 0 Å². The summed E-state index contributed by atoms with van der Waals surface area (Å²) in [6.45, 7) is 7.67. The molecule has 1 unspecified atom stereocenters. The van der Waals surface area contributed by atoms with Crippen molar-refractivity contribution in [3.05, 3.63) is 33.3 Å². The third-order valence-electron chi connectivity index (χ3n) is 3.06. The quantitative estimate of drug-likeness (QED) is 0.687. The number of hydrogen-bond acceptors (Lipinski definition) is 1. The first-order valence-electron chi connectivity index (χ1n) is 6.73. The van der Waals surface area contributed by atoms with Gasteiger partial charge in [-0.15, -0.1) is 0 Å². The molecule has 1 rings (SSSR count). The van der Waals surface area contributed by atoms with Crippen molar-refractivity contribution in [2.24, 2.45) is 5.92 Å². The molecule has 0 saturated heterocycles. The van der Waals surface area contributed by atoms with Crippen LogP contribution < -0.4 is 5.32 Å². The summed E-state index contributed by atoms with van der Waals surface area (Å²) in [6, 6.07) is 6.41. The topological polar surface area (TPSA) is 12.0 Å². The van der Waals surface area contributed by atoms with Crippen molar-refractivity contribution in [3.8, 4) is 0 Å². The zero-order valence-electron chi connectivity index (χ0n) is 11.5. The first-order valence-corrected chi connectivity index (χ1v) is 7.90. The van der Waals surface area contributed by atoms with Crippen molar-refractivity contribution in [2.75, 3.05) is 6.54 Å². The van der Waals surface area contributed by atoms with Gasteiger partial charge in [0.2, 0.25) is 0 Å². The molecule has 1 nitrogen and oxygen atoms in total. The molecule has 0 bridgehead atoms. The maximum atomic E-state index is 6.10. The van der Waals surface area contributed by atoms with Crippen molar-refractivity contribution >= 4 is 27.5 Å². The summed E-state index contributed by atoms with van der Waals surface area (Å²) in [5.41, 5.74) is 1.27. The molecule has 1 aromatic rings. The van der Waals surface area contributed by atoms with E-state index in [-0.39, 0.29) is 0 Å². The molecule has 0 aliphatic rings. The molecule has 0 fully saturated rings. The molecule has 1 aromatic carbocycles. The first-order chi connectivity index (χ1) is 8.54. The summed E-state index contributed by atoms with van der Waals surface area (Å²) < 4.78 is 1.14. The molecule has 0 spiro atoms. The third kappa shape index (κ3) is 5.29. The van der Waals surface area contributed by atoms with Gasteiger partial charge in [-0.05, 0) is 42.6 Å². The predicted molar refractivity (Wildman–Crippen MR) is 84.3 cm³/mol. The third-order valence-corrected chi connectivity index (χ3v) is 4.02. The van der Waals surface area contributed by atoms with Crippen LogP contribution in [0.5, 0.6) is 0 Å². The fraction of sp³-hybridized carbons (Fsp3) is 0.600. The number of nitrogens with one attached hydrogen (secondary N) is 1. The lowest BCUT2D eigenvalue weighted by Crippen LogP contribution is -2.21. The van der Waals surface area contributed by atoms with E-state index in [1.807, 2.05) is 12.1 Å². The monoisotopic (exact) mass is 331 g/mol. The van der Waals surface area contributed by atoms with Crippen LogP contribution in [-0.4, -0.2) is 6.54 Å². The summed E-state index contributed by atoms with van der Waals surface area (Å²) in [6.07, 6.45) is 3.68. The SMILES string of the molecule is CCNC(CCCC(C)C)c1cc(Cl)ccc1Br. The second-order valence-corrected chi connectivity index (χ2v) is 6.39. The highest BCUT2D eigenvalue weighted by Crippen LogP contribution is 2.30. The summed E-state index contributed by atoms with van der Waals surface area (Å²) in [5, 5.41) is 4.36. The molecule has 18 heavy (non-hydrogen) atoms. The molecular formula is C15H23BrClN. The van der Waals surface area contributed by atoms with Gasteiger partial charge in [0.05, 0.1) is 0 Å². The van der Waals surface area contributed by atoms with E-state index in [0.29, 0.717) is 6.04 Å². The van der Waals surface area contributed by atoms with E-state index >= 15 is 0 Å². The van der Waals surface area contributed by atoms with Gasteiger partial charge in [0, 0.05) is 15.5 Å². The molecule has 1 atom stereocenters.